The molecule has 1 aliphatic rings. The van der Waals surface area contributed by atoms with Crippen molar-refractivity contribution in [2.24, 2.45) is 0 Å². The second-order valence-electron chi connectivity index (χ2n) is 7.99. The zero-order valence-electron chi connectivity index (χ0n) is 19.8. The second-order valence-corrected chi connectivity index (χ2v) is 10.1. The molecule has 1 heterocycles. The van der Waals surface area contributed by atoms with Crippen LogP contribution < -0.4 is 25.2 Å². The van der Waals surface area contributed by atoms with Crippen molar-refractivity contribution in [2.45, 2.75) is 24.2 Å². The van der Waals surface area contributed by atoms with E-state index in [1.165, 1.54) is 52.6 Å². The molecule has 184 valence electrons. The Bertz CT molecular complexity index is 1160. The summed E-state index contributed by atoms with van der Waals surface area (Å²) in [6.07, 6.45) is 3.07. The van der Waals surface area contributed by atoms with E-state index in [1.54, 1.807) is 12.1 Å². The Morgan fingerprint density at radius 2 is 1.53 bits per heavy atom. The van der Waals surface area contributed by atoms with Crippen molar-refractivity contribution in [3.8, 4) is 11.5 Å². The third kappa shape index (κ3) is 5.42. The van der Waals surface area contributed by atoms with E-state index in [2.05, 4.69) is 15.8 Å². The van der Waals surface area contributed by atoms with Gasteiger partial charge in [-0.2, -0.15) is 0 Å². The van der Waals surface area contributed by atoms with Gasteiger partial charge >= 0.3 is 0 Å². The number of anilines is 1. The number of carbonyl (C=O) groups is 2. The number of ether oxygens (including phenoxy) is 2. The molecule has 0 atom stereocenters. The van der Waals surface area contributed by atoms with E-state index < -0.39 is 21.8 Å². The number of hydrogen-bond donors (Lipinski definition) is 2. The molecule has 1 aliphatic heterocycles. The monoisotopic (exact) mass is 490 g/mol. The average Bonchev–Trinajstić information content (AvgIpc) is 2.86. The van der Waals surface area contributed by atoms with Crippen LogP contribution in [0.4, 0.5) is 5.69 Å². The highest BCUT2D eigenvalue weighted by Crippen LogP contribution is 2.29. The summed E-state index contributed by atoms with van der Waals surface area (Å²) in [7, 11) is 2.05. The first-order chi connectivity index (χ1) is 16.2. The summed E-state index contributed by atoms with van der Waals surface area (Å²) in [5.74, 6) is -0.347. The molecule has 0 aromatic heterocycles. The third-order valence-electron chi connectivity index (χ3n) is 5.62. The zero-order valence-corrected chi connectivity index (χ0v) is 20.6. The van der Waals surface area contributed by atoms with E-state index in [4.69, 9.17) is 9.47 Å². The number of amides is 2. The summed E-state index contributed by atoms with van der Waals surface area (Å²) < 4.78 is 36.8. The van der Waals surface area contributed by atoms with Crippen molar-refractivity contribution >= 4 is 27.5 Å². The molecule has 0 saturated carbocycles. The molecule has 0 bridgehead atoms. The van der Waals surface area contributed by atoms with Crippen LogP contribution in [0.1, 0.15) is 40.0 Å². The standard InChI is InChI=1S/C23H30N4O6S/c1-26(2)34(30,31)17-9-10-19(27-12-6-5-7-13-27)18(15-17)23(29)25-24-22(28)16-8-11-20(32-3)21(14-16)33-4/h8-11,14-15H,5-7,12-13H2,1-4H3,(H,24,28)(H,25,29). The fourth-order valence-corrected chi connectivity index (χ4v) is 4.64. The van der Waals surface area contributed by atoms with Gasteiger partial charge in [-0.3, -0.25) is 20.4 Å². The molecule has 0 radical (unpaired) electrons. The Morgan fingerprint density at radius 1 is 0.882 bits per heavy atom. The molecule has 0 spiro atoms. The van der Waals surface area contributed by atoms with Gasteiger partial charge in [-0.15, -0.1) is 0 Å². The molecule has 0 aliphatic carbocycles. The maximum atomic E-state index is 13.1. The van der Waals surface area contributed by atoms with E-state index in [0.717, 1.165) is 36.7 Å². The van der Waals surface area contributed by atoms with Crippen molar-refractivity contribution in [1.82, 2.24) is 15.2 Å². The van der Waals surface area contributed by atoms with Crippen LogP contribution in [0, 0.1) is 0 Å². The van der Waals surface area contributed by atoms with Crippen LogP contribution in [0.15, 0.2) is 41.3 Å². The predicted octanol–water partition coefficient (Wildman–Crippen LogP) is 2.02. The highest BCUT2D eigenvalue weighted by Gasteiger charge is 2.24. The summed E-state index contributed by atoms with van der Waals surface area (Å²) in [6, 6.07) is 9.10. The molecule has 34 heavy (non-hydrogen) atoms. The number of sulfonamides is 1. The average molecular weight is 491 g/mol. The van der Waals surface area contributed by atoms with Crippen molar-refractivity contribution in [3.05, 3.63) is 47.5 Å². The minimum atomic E-state index is -3.75. The van der Waals surface area contributed by atoms with Crippen LogP contribution in [-0.2, 0) is 10.0 Å². The Hall–Kier alpha value is -3.31. The molecule has 1 saturated heterocycles. The zero-order chi connectivity index (χ0) is 24.9. The first-order valence-corrected chi connectivity index (χ1v) is 12.3. The first-order valence-electron chi connectivity index (χ1n) is 10.8. The quantitative estimate of drug-likeness (QED) is 0.570. The number of methoxy groups -OCH3 is 2. The molecule has 11 heteroatoms. The van der Waals surface area contributed by atoms with E-state index in [1.807, 2.05) is 0 Å². The number of hydrazine groups is 1. The number of carbonyl (C=O) groups excluding carboxylic acids is 2. The Kier molecular flexibility index (Phi) is 8.00. The Balaban J connectivity index is 1.86. The van der Waals surface area contributed by atoms with Crippen LogP contribution >= 0.6 is 0 Å². The molecule has 3 rings (SSSR count). The molecule has 10 nitrogen and oxygen atoms in total. The number of hydrogen-bond acceptors (Lipinski definition) is 7. The van der Waals surface area contributed by atoms with Crippen molar-refractivity contribution < 1.29 is 27.5 Å². The summed E-state index contributed by atoms with van der Waals surface area (Å²) >= 11 is 0. The lowest BCUT2D eigenvalue weighted by atomic mass is 10.1. The molecule has 2 N–H and O–H groups in total. The molecule has 2 aromatic rings. The van der Waals surface area contributed by atoms with Gasteiger partial charge in [0.1, 0.15) is 0 Å². The Labute approximate surface area is 199 Å². The maximum absolute atomic E-state index is 13.1. The van der Waals surface area contributed by atoms with Gasteiger partial charge in [0.15, 0.2) is 11.5 Å². The lowest BCUT2D eigenvalue weighted by Crippen LogP contribution is -2.42. The molecule has 0 unspecified atom stereocenters. The predicted molar refractivity (Wildman–Crippen MR) is 128 cm³/mol. The normalized spacial score (nSPS) is 14.0. The van der Waals surface area contributed by atoms with E-state index in [-0.39, 0.29) is 16.0 Å². The number of nitrogens with zero attached hydrogens (tertiary/aromatic N) is 2. The van der Waals surface area contributed by atoms with Crippen LogP contribution in [0.25, 0.3) is 0 Å². The van der Waals surface area contributed by atoms with Gasteiger partial charge in [-0.05, 0) is 55.7 Å². The van der Waals surface area contributed by atoms with Crippen LogP contribution in [0.3, 0.4) is 0 Å². The van der Waals surface area contributed by atoms with Gasteiger partial charge in [0.05, 0.1) is 24.7 Å². The number of rotatable bonds is 7. The highest BCUT2D eigenvalue weighted by molar-refractivity contribution is 7.89. The summed E-state index contributed by atoms with van der Waals surface area (Å²) in [6.45, 7) is 1.52. The SMILES string of the molecule is COc1ccc(C(=O)NNC(=O)c2cc(S(=O)(=O)N(C)C)ccc2N2CCCCC2)cc1OC. The molecule has 2 amide bonds. The minimum Gasteiger partial charge on any atom is -0.493 e. The number of benzene rings is 2. The van der Waals surface area contributed by atoms with Gasteiger partial charge in [-0.1, -0.05) is 0 Å². The topological polar surface area (TPSA) is 117 Å². The molecular weight excluding hydrogens is 460 g/mol. The molecular formula is C23H30N4O6S. The minimum absolute atomic E-state index is 0.00498. The Morgan fingerprint density at radius 3 is 2.15 bits per heavy atom. The van der Waals surface area contributed by atoms with Gasteiger partial charge in [0, 0.05) is 38.4 Å². The highest BCUT2D eigenvalue weighted by atomic mass is 32.2. The lowest BCUT2D eigenvalue weighted by Gasteiger charge is -2.30. The van der Waals surface area contributed by atoms with E-state index >= 15 is 0 Å². The van der Waals surface area contributed by atoms with Crippen LogP contribution in [-0.4, -0.2) is 65.9 Å². The van der Waals surface area contributed by atoms with Crippen molar-refractivity contribution in [1.29, 1.82) is 0 Å². The van der Waals surface area contributed by atoms with Crippen molar-refractivity contribution in [3.63, 3.8) is 0 Å². The van der Waals surface area contributed by atoms with Gasteiger partial charge in [0.2, 0.25) is 10.0 Å². The fourth-order valence-electron chi connectivity index (χ4n) is 3.71. The van der Waals surface area contributed by atoms with Gasteiger partial charge < -0.3 is 14.4 Å². The largest absolute Gasteiger partial charge is 0.493 e. The van der Waals surface area contributed by atoms with Crippen molar-refractivity contribution in [2.75, 3.05) is 46.3 Å². The molecule has 2 aromatic carbocycles. The van der Waals surface area contributed by atoms with Crippen LogP contribution in [0.5, 0.6) is 11.5 Å². The fraction of sp³-hybridized carbons (Fsp3) is 0.391. The summed E-state index contributed by atoms with van der Waals surface area (Å²) in [4.78, 5) is 27.8. The second kappa shape index (κ2) is 10.7. The lowest BCUT2D eigenvalue weighted by molar-refractivity contribution is 0.0846. The first kappa shape index (κ1) is 25.3. The van der Waals surface area contributed by atoms with E-state index in [9.17, 15) is 18.0 Å². The van der Waals surface area contributed by atoms with Gasteiger partial charge in [0.25, 0.3) is 11.8 Å². The maximum Gasteiger partial charge on any atom is 0.271 e. The summed E-state index contributed by atoms with van der Waals surface area (Å²) in [5.41, 5.74) is 5.82. The smallest absolute Gasteiger partial charge is 0.271 e. The number of piperidine rings is 1. The number of nitrogens with one attached hydrogen (secondary N) is 2. The summed E-state index contributed by atoms with van der Waals surface area (Å²) in [5, 5.41) is 0. The van der Waals surface area contributed by atoms with Crippen LogP contribution in [0.2, 0.25) is 0 Å². The van der Waals surface area contributed by atoms with Gasteiger partial charge in [-0.25, -0.2) is 12.7 Å². The third-order valence-corrected chi connectivity index (χ3v) is 7.43. The molecule has 1 fully saturated rings. The van der Waals surface area contributed by atoms with E-state index in [0.29, 0.717) is 17.2 Å².